The lowest BCUT2D eigenvalue weighted by atomic mass is 10.1. The number of nitrogens with zero attached hydrogens (tertiary/aromatic N) is 5. The van der Waals surface area contributed by atoms with Crippen molar-refractivity contribution in [3.63, 3.8) is 0 Å². The Kier molecular flexibility index (Phi) is 6.50. The van der Waals surface area contributed by atoms with Crippen LogP contribution in [0.5, 0.6) is 0 Å². The van der Waals surface area contributed by atoms with E-state index < -0.39 is 34.7 Å². The van der Waals surface area contributed by atoms with Gasteiger partial charge in [-0.05, 0) is 44.2 Å². The molecule has 2 N–H and O–H groups in total. The van der Waals surface area contributed by atoms with Crippen LogP contribution in [-0.2, 0) is 12.7 Å². The fraction of sp³-hybridized carbons (Fsp3) is 0.160. The van der Waals surface area contributed by atoms with Crippen molar-refractivity contribution in [2.75, 3.05) is 0 Å². The first-order valence-corrected chi connectivity index (χ1v) is 11.0. The Morgan fingerprint density at radius 1 is 1.16 bits per heavy atom. The van der Waals surface area contributed by atoms with Gasteiger partial charge in [0.1, 0.15) is 5.82 Å². The number of benzene rings is 2. The highest BCUT2D eigenvalue weighted by molar-refractivity contribution is 5.99. The molecule has 0 fully saturated rings. The van der Waals surface area contributed by atoms with E-state index in [4.69, 9.17) is 12.3 Å². The molecule has 9 nitrogen and oxygen atoms in total. The Morgan fingerprint density at radius 2 is 1.87 bits per heavy atom. The number of amides is 1. The van der Waals surface area contributed by atoms with E-state index in [0.29, 0.717) is 0 Å². The van der Waals surface area contributed by atoms with Crippen LogP contribution in [0, 0.1) is 19.3 Å². The smallest absolute Gasteiger partial charge is 0.365 e. The molecule has 0 saturated heterocycles. The van der Waals surface area contributed by atoms with Gasteiger partial charge < -0.3 is 5.73 Å². The third-order valence-corrected chi connectivity index (χ3v) is 5.89. The van der Waals surface area contributed by atoms with Crippen molar-refractivity contribution in [3.8, 4) is 22.6 Å². The Balaban J connectivity index is 2.14. The number of hydrogen-bond acceptors (Lipinski definition) is 4. The van der Waals surface area contributed by atoms with Crippen LogP contribution in [0.3, 0.4) is 0 Å². The minimum atomic E-state index is -4.71. The van der Waals surface area contributed by atoms with Crippen LogP contribution in [0.4, 0.5) is 23.2 Å². The fourth-order valence-corrected chi connectivity index (χ4v) is 4.12. The van der Waals surface area contributed by atoms with Gasteiger partial charge in [0.2, 0.25) is 0 Å². The highest BCUT2D eigenvalue weighted by Gasteiger charge is 2.32. The van der Waals surface area contributed by atoms with Gasteiger partial charge in [-0.15, -0.1) is 0 Å². The Hall–Kier alpha value is -4.99. The molecule has 0 aliphatic rings. The van der Waals surface area contributed by atoms with Crippen molar-refractivity contribution >= 4 is 11.6 Å². The summed E-state index contributed by atoms with van der Waals surface area (Å²) in [5.41, 5.74) is 1.24. The van der Waals surface area contributed by atoms with Crippen LogP contribution >= 0.6 is 0 Å². The van der Waals surface area contributed by atoms with Crippen LogP contribution in [0.25, 0.3) is 27.5 Å². The molecule has 4 rings (SSSR count). The fourth-order valence-electron chi connectivity index (χ4n) is 4.12. The van der Waals surface area contributed by atoms with Crippen molar-refractivity contribution in [2.24, 2.45) is 5.73 Å². The molecule has 2 aromatic heterocycles. The van der Waals surface area contributed by atoms with Crippen LogP contribution in [0.15, 0.2) is 58.3 Å². The van der Waals surface area contributed by atoms with Gasteiger partial charge in [0.05, 0.1) is 46.5 Å². The van der Waals surface area contributed by atoms with Gasteiger partial charge in [-0.25, -0.2) is 18.7 Å². The molecule has 194 valence electrons. The largest absolute Gasteiger partial charge is 0.416 e. The second kappa shape index (κ2) is 9.47. The van der Waals surface area contributed by atoms with E-state index in [1.165, 1.54) is 32.0 Å². The predicted octanol–water partition coefficient (Wildman–Crippen LogP) is 3.99. The molecular formula is C25H18F4N6O3. The third kappa shape index (κ3) is 4.26. The molecule has 2 aromatic carbocycles. The van der Waals surface area contributed by atoms with Gasteiger partial charge in [-0.2, -0.15) is 18.3 Å². The summed E-state index contributed by atoms with van der Waals surface area (Å²) >= 11 is 0. The maximum atomic E-state index is 15.0. The van der Waals surface area contributed by atoms with Crippen molar-refractivity contribution < 1.29 is 22.4 Å². The second-order valence-electron chi connectivity index (χ2n) is 8.11. The molecule has 0 atom stereocenters. The average molecular weight is 526 g/mol. The lowest BCUT2D eigenvalue weighted by Gasteiger charge is -2.19. The number of hydrogen-bond donors (Lipinski definition) is 1. The highest BCUT2D eigenvalue weighted by Crippen LogP contribution is 2.32. The van der Waals surface area contributed by atoms with Gasteiger partial charge >= 0.3 is 11.9 Å². The Labute approximate surface area is 211 Å². The number of aromatic nitrogens is 4. The molecule has 0 aliphatic carbocycles. The molecule has 0 saturated carbocycles. The van der Waals surface area contributed by atoms with Crippen molar-refractivity contribution in [3.05, 3.63) is 104 Å². The standard InChI is InChI=1S/C25H18F4N6O3/c1-4-33-23(37)20(13(2)34(24(33)38)16-7-5-6-14(10-16)25(27,28)29)21-17(22(30)36)12-32-35(21)19-9-8-15(31-3)11-18(19)26/h5-12H,4H2,1-2H3,(H2,30,36). The number of halogens is 4. The molecule has 0 bridgehead atoms. The lowest BCUT2D eigenvalue weighted by Crippen LogP contribution is -2.41. The monoisotopic (exact) mass is 526 g/mol. The van der Waals surface area contributed by atoms with Gasteiger partial charge in [0, 0.05) is 12.2 Å². The number of rotatable bonds is 5. The number of carbonyl (C=O) groups excluding carboxylic acids is 1. The van der Waals surface area contributed by atoms with Crippen LogP contribution in [0.1, 0.15) is 28.5 Å². The van der Waals surface area contributed by atoms with Crippen molar-refractivity contribution in [2.45, 2.75) is 26.6 Å². The molecule has 38 heavy (non-hydrogen) atoms. The van der Waals surface area contributed by atoms with E-state index in [1.807, 2.05) is 0 Å². The zero-order valence-corrected chi connectivity index (χ0v) is 19.9. The number of carbonyl (C=O) groups is 1. The summed E-state index contributed by atoms with van der Waals surface area (Å²) in [6.07, 6.45) is -3.70. The van der Waals surface area contributed by atoms with E-state index in [9.17, 15) is 31.9 Å². The summed E-state index contributed by atoms with van der Waals surface area (Å²) in [6, 6.07) is 7.38. The van der Waals surface area contributed by atoms with Gasteiger partial charge in [0.25, 0.3) is 11.5 Å². The highest BCUT2D eigenvalue weighted by atomic mass is 19.4. The van der Waals surface area contributed by atoms with Crippen molar-refractivity contribution in [1.29, 1.82) is 0 Å². The van der Waals surface area contributed by atoms with Gasteiger partial charge in [0.15, 0.2) is 5.69 Å². The van der Waals surface area contributed by atoms with E-state index in [0.717, 1.165) is 44.3 Å². The minimum Gasteiger partial charge on any atom is -0.365 e. The summed E-state index contributed by atoms with van der Waals surface area (Å²) in [4.78, 5) is 42.3. The maximum Gasteiger partial charge on any atom is 0.416 e. The summed E-state index contributed by atoms with van der Waals surface area (Å²) in [5, 5.41) is 4.02. The number of alkyl halides is 3. The maximum absolute atomic E-state index is 15.0. The topological polar surface area (TPSA) is 109 Å². The van der Waals surface area contributed by atoms with Gasteiger partial charge in [-0.1, -0.05) is 12.1 Å². The lowest BCUT2D eigenvalue weighted by molar-refractivity contribution is -0.137. The Bertz CT molecular complexity index is 1760. The van der Waals surface area contributed by atoms with Crippen LogP contribution in [-0.4, -0.2) is 24.8 Å². The molecular weight excluding hydrogens is 508 g/mol. The summed E-state index contributed by atoms with van der Waals surface area (Å²) in [5.74, 6) is -1.93. The Morgan fingerprint density at radius 3 is 2.45 bits per heavy atom. The summed E-state index contributed by atoms with van der Waals surface area (Å²) in [7, 11) is 0. The summed E-state index contributed by atoms with van der Waals surface area (Å²) in [6.45, 7) is 9.68. The summed E-state index contributed by atoms with van der Waals surface area (Å²) < 4.78 is 57.8. The van der Waals surface area contributed by atoms with Crippen LogP contribution in [0.2, 0.25) is 0 Å². The van der Waals surface area contributed by atoms with E-state index in [-0.39, 0.29) is 46.1 Å². The zero-order valence-electron chi connectivity index (χ0n) is 19.9. The first-order chi connectivity index (χ1) is 17.9. The molecule has 1 amide bonds. The van der Waals surface area contributed by atoms with E-state index >= 15 is 0 Å². The normalized spacial score (nSPS) is 11.4. The molecule has 0 radical (unpaired) electrons. The molecule has 0 spiro atoms. The quantitative estimate of drug-likeness (QED) is 0.313. The van der Waals surface area contributed by atoms with E-state index in [2.05, 4.69) is 9.94 Å². The molecule has 0 aliphatic heterocycles. The molecule has 0 unspecified atom stereocenters. The average Bonchev–Trinajstić information content (AvgIpc) is 3.28. The van der Waals surface area contributed by atoms with Gasteiger partial charge in [-0.3, -0.25) is 18.7 Å². The molecule has 2 heterocycles. The first-order valence-electron chi connectivity index (χ1n) is 11.0. The SMILES string of the molecule is [C-]#[N+]c1ccc(-n2ncc(C(N)=O)c2-c2c(C)n(-c3cccc(C(F)(F)F)c3)c(=O)n(CC)c2=O)c(F)c1. The zero-order chi connectivity index (χ0) is 27.9. The minimum absolute atomic E-state index is 0.0160. The molecule has 4 aromatic rings. The van der Waals surface area contributed by atoms with E-state index in [1.54, 1.807) is 0 Å². The predicted molar refractivity (Wildman–Crippen MR) is 129 cm³/mol. The van der Waals surface area contributed by atoms with Crippen LogP contribution < -0.4 is 17.0 Å². The number of nitrogens with two attached hydrogens (primary N) is 1. The first kappa shape index (κ1) is 26.1. The third-order valence-electron chi connectivity index (χ3n) is 5.89. The van der Waals surface area contributed by atoms with Crippen molar-refractivity contribution in [1.82, 2.24) is 18.9 Å². The second-order valence-corrected chi connectivity index (χ2v) is 8.11. The number of primary amides is 1. The molecule has 13 heteroatoms.